The second-order valence-electron chi connectivity index (χ2n) is 5.37. The van der Waals surface area contributed by atoms with Crippen LogP contribution in [0, 0.1) is 13.8 Å². The molecule has 112 valence electrons. The summed E-state index contributed by atoms with van der Waals surface area (Å²) in [5, 5.41) is 10.5. The molecule has 7 nitrogen and oxygen atoms in total. The molecule has 1 fully saturated rings. The number of carbonyl (C=O) groups excluding carboxylic acids is 1. The number of amides is 1. The van der Waals surface area contributed by atoms with Crippen molar-refractivity contribution in [1.29, 1.82) is 0 Å². The first-order valence-electron chi connectivity index (χ1n) is 7.02. The number of aromatic nitrogens is 2. The van der Waals surface area contributed by atoms with Gasteiger partial charge < -0.3 is 9.05 Å². The molecule has 3 rings (SSSR count). The second kappa shape index (κ2) is 5.69. The fourth-order valence-electron chi connectivity index (χ4n) is 2.68. The number of hydrogen-bond acceptors (Lipinski definition) is 6. The van der Waals surface area contributed by atoms with Gasteiger partial charge in [-0.2, -0.15) is 0 Å². The van der Waals surface area contributed by atoms with E-state index in [0.29, 0.717) is 12.4 Å². The van der Waals surface area contributed by atoms with Crippen LogP contribution in [0.15, 0.2) is 21.2 Å². The van der Waals surface area contributed by atoms with Crippen molar-refractivity contribution in [3.8, 4) is 0 Å². The van der Waals surface area contributed by atoms with Crippen molar-refractivity contribution >= 4 is 11.8 Å². The fourth-order valence-corrected chi connectivity index (χ4v) is 2.68. The predicted octanol–water partition coefficient (Wildman–Crippen LogP) is 2.06. The van der Waals surface area contributed by atoms with Gasteiger partial charge in [0.25, 0.3) is 0 Å². The molecular formula is C14H18N4O3. The Morgan fingerprint density at radius 1 is 1.38 bits per heavy atom. The van der Waals surface area contributed by atoms with Crippen LogP contribution in [0.1, 0.15) is 36.0 Å². The molecule has 2 aromatic rings. The molecule has 1 amide bonds. The molecular weight excluding hydrogens is 272 g/mol. The average molecular weight is 290 g/mol. The second-order valence-corrected chi connectivity index (χ2v) is 5.37. The lowest BCUT2D eigenvalue weighted by atomic mass is 10.1. The van der Waals surface area contributed by atoms with Crippen LogP contribution in [0.2, 0.25) is 0 Å². The third-order valence-corrected chi connectivity index (χ3v) is 3.59. The highest BCUT2D eigenvalue weighted by atomic mass is 16.5. The van der Waals surface area contributed by atoms with Gasteiger partial charge >= 0.3 is 0 Å². The predicted molar refractivity (Wildman–Crippen MR) is 74.7 cm³/mol. The zero-order valence-electron chi connectivity index (χ0n) is 12.1. The summed E-state index contributed by atoms with van der Waals surface area (Å²) in [7, 11) is 0. The lowest BCUT2D eigenvalue weighted by molar-refractivity contribution is -0.117. The minimum Gasteiger partial charge on any atom is -0.361 e. The van der Waals surface area contributed by atoms with Crippen molar-refractivity contribution in [3.05, 3.63) is 29.3 Å². The van der Waals surface area contributed by atoms with Gasteiger partial charge in [-0.25, -0.2) is 0 Å². The summed E-state index contributed by atoms with van der Waals surface area (Å²) >= 11 is 0. The number of rotatable bonds is 4. The quantitative estimate of drug-likeness (QED) is 0.927. The first-order chi connectivity index (χ1) is 10.1. The van der Waals surface area contributed by atoms with Crippen LogP contribution in [0.5, 0.6) is 0 Å². The smallest absolute Gasteiger partial charge is 0.240 e. The first-order valence-corrected chi connectivity index (χ1v) is 7.02. The van der Waals surface area contributed by atoms with Crippen LogP contribution < -0.4 is 5.32 Å². The fraction of sp³-hybridized carbons (Fsp3) is 0.500. The Bertz CT molecular complexity index is 634. The molecule has 1 aliphatic heterocycles. The molecule has 0 aliphatic carbocycles. The van der Waals surface area contributed by atoms with Crippen LogP contribution in [0.25, 0.3) is 0 Å². The van der Waals surface area contributed by atoms with E-state index in [-0.39, 0.29) is 11.9 Å². The number of carbonyl (C=O) groups is 1. The van der Waals surface area contributed by atoms with Gasteiger partial charge in [0.2, 0.25) is 11.8 Å². The first kappa shape index (κ1) is 13.8. The minimum absolute atomic E-state index is 0.113. The molecule has 3 heterocycles. The third-order valence-electron chi connectivity index (χ3n) is 3.59. The molecule has 0 unspecified atom stereocenters. The van der Waals surface area contributed by atoms with Crippen LogP contribution in [-0.4, -0.2) is 34.2 Å². The van der Waals surface area contributed by atoms with Crippen molar-refractivity contribution in [2.45, 2.75) is 32.7 Å². The van der Waals surface area contributed by atoms with Gasteiger partial charge in [0.05, 0.1) is 18.3 Å². The van der Waals surface area contributed by atoms with Crippen molar-refractivity contribution in [3.63, 3.8) is 0 Å². The summed E-state index contributed by atoms with van der Waals surface area (Å²) in [6.07, 6.45) is 2.03. The summed E-state index contributed by atoms with van der Waals surface area (Å²) in [6, 6.07) is 3.77. The Morgan fingerprint density at radius 3 is 2.90 bits per heavy atom. The van der Waals surface area contributed by atoms with E-state index in [4.69, 9.17) is 9.05 Å². The van der Waals surface area contributed by atoms with Crippen molar-refractivity contribution in [2.75, 3.05) is 18.4 Å². The molecule has 2 aromatic heterocycles. The molecule has 21 heavy (non-hydrogen) atoms. The van der Waals surface area contributed by atoms with E-state index in [9.17, 15) is 4.79 Å². The van der Waals surface area contributed by atoms with Gasteiger partial charge in [0.15, 0.2) is 0 Å². The Hall–Kier alpha value is -2.15. The van der Waals surface area contributed by atoms with Gasteiger partial charge in [-0.15, -0.1) is 0 Å². The standard InChI is InChI=1S/C14H18N4O3/c1-9-6-14(21-16-9)15-13(19)8-18-5-3-4-12(18)11-7-10(2)20-17-11/h6-7,12H,3-5,8H2,1-2H3,(H,15,19)/t12-/m0/s1. The van der Waals surface area contributed by atoms with Crippen LogP contribution >= 0.6 is 0 Å². The summed E-state index contributed by atoms with van der Waals surface area (Å²) in [5.41, 5.74) is 1.63. The van der Waals surface area contributed by atoms with E-state index in [2.05, 4.69) is 20.5 Å². The zero-order valence-corrected chi connectivity index (χ0v) is 12.1. The number of aryl methyl sites for hydroxylation is 2. The third kappa shape index (κ3) is 3.13. The SMILES string of the molecule is Cc1cc(NC(=O)CN2CCC[C@H]2c2cc(C)on2)on1. The van der Waals surface area contributed by atoms with E-state index in [1.807, 2.05) is 19.9 Å². The van der Waals surface area contributed by atoms with Crippen LogP contribution in [0.3, 0.4) is 0 Å². The van der Waals surface area contributed by atoms with Gasteiger partial charge in [-0.1, -0.05) is 10.3 Å². The van der Waals surface area contributed by atoms with Crippen LogP contribution in [-0.2, 0) is 4.79 Å². The molecule has 7 heteroatoms. The lowest BCUT2D eigenvalue weighted by Crippen LogP contribution is -2.33. The van der Waals surface area contributed by atoms with Gasteiger partial charge in [-0.05, 0) is 33.2 Å². The van der Waals surface area contributed by atoms with E-state index in [0.717, 1.165) is 36.5 Å². The monoisotopic (exact) mass is 290 g/mol. The molecule has 0 saturated carbocycles. The normalized spacial score (nSPS) is 19.0. The summed E-state index contributed by atoms with van der Waals surface area (Å²) in [4.78, 5) is 14.2. The van der Waals surface area contributed by atoms with E-state index >= 15 is 0 Å². The maximum Gasteiger partial charge on any atom is 0.240 e. The molecule has 0 radical (unpaired) electrons. The van der Waals surface area contributed by atoms with Crippen molar-refractivity contribution < 1.29 is 13.8 Å². The Morgan fingerprint density at radius 2 is 2.24 bits per heavy atom. The molecule has 1 N–H and O–H groups in total. The van der Waals surface area contributed by atoms with E-state index in [1.165, 1.54) is 0 Å². The highest BCUT2D eigenvalue weighted by Crippen LogP contribution is 2.31. The number of anilines is 1. The lowest BCUT2D eigenvalue weighted by Gasteiger charge is -2.21. The van der Waals surface area contributed by atoms with E-state index < -0.39 is 0 Å². The molecule has 0 spiro atoms. The van der Waals surface area contributed by atoms with E-state index in [1.54, 1.807) is 6.07 Å². The van der Waals surface area contributed by atoms with Crippen molar-refractivity contribution in [1.82, 2.24) is 15.2 Å². The molecule has 1 atom stereocenters. The van der Waals surface area contributed by atoms with Gasteiger partial charge in [-0.3, -0.25) is 15.0 Å². The highest BCUT2D eigenvalue weighted by Gasteiger charge is 2.29. The molecule has 0 aromatic carbocycles. The molecule has 1 aliphatic rings. The summed E-state index contributed by atoms with van der Waals surface area (Å²) < 4.78 is 10.1. The average Bonchev–Trinajstić information content (AvgIpc) is 3.12. The van der Waals surface area contributed by atoms with Crippen LogP contribution in [0.4, 0.5) is 5.88 Å². The number of nitrogens with zero attached hydrogens (tertiary/aromatic N) is 3. The molecule has 1 saturated heterocycles. The van der Waals surface area contributed by atoms with Gasteiger partial charge in [0.1, 0.15) is 11.5 Å². The highest BCUT2D eigenvalue weighted by molar-refractivity contribution is 5.91. The summed E-state index contributed by atoms with van der Waals surface area (Å²) in [6.45, 7) is 4.85. The Labute approximate surface area is 122 Å². The molecule has 0 bridgehead atoms. The Kier molecular flexibility index (Phi) is 3.74. The Balaban J connectivity index is 1.62. The number of hydrogen-bond donors (Lipinski definition) is 1. The van der Waals surface area contributed by atoms with Crippen molar-refractivity contribution in [2.24, 2.45) is 0 Å². The minimum atomic E-state index is -0.113. The largest absolute Gasteiger partial charge is 0.361 e. The maximum absolute atomic E-state index is 12.1. The number of likely N-dealkylation sites (tertiary alicyclic amines) is 1. The zero-order chi connectivity index (χ0) is 14.8. The van der Waals surface area contributed by atoms with Gasteiger partial charge in [0, 0.05) is 12.1 Å². The topological polar surface area (TPSA) is 84.4 Å². The summed E-state index contributed by atoms with van der Waals surface area (Å²) in [5.74, 6) is 1.06. The number of nitrogens with one attached hydrogen (secondary N) is 1. The maximum atomic E-state index is 12.1.